The van der Waals surface area contributed by atoms with Crippen molar-refractivity contribution in [3.05, 3.63) is 35.9 Å². The van der Waals surface area contributed by atoms with Crippen molar-refractivity contribution in [2.24, 2.45) is 5.92 Å². The molecule has 1 aromatic carbocycles. The largest absolute Gasteiger partial charge is 0.355 e. The van der Waals surface area contributed by atoms with E-state index in [1.165, 1.54) is 9.87 Å². The van der Waals surface area contributed by atoms with E-state index in [-0.39, 0.29) is 17.6 Å². The molecule has 1 heterocycles. The zero-order valence-electron chi connectivity index (χ0n) is 13.0. The van der Waals surface area contributed by atoms with Crippen LogP contribution in [0.1, 0.15) is 25.3 Å². The normalized spacial score (nSPS) is 19.8. The summed E-state index contributed by atoms with van der Waals surface area (Å²) in [6.07, 6.45) is 2.29. The molecule has 5 nitrogen and oxygen atoms in total. The van der Waals surface area contributed by atoms with Gasteiger partial charge in [-0.3, -0.25) is 4.79 Å². The van der Waals surface area contributed by atoms with Gasteiger partial charge in [0.2, 0.25) is 15.9 Å². The number of hydrogen-bond donors (Lipinski definition) is 1. The van der Waals surface area contributed by atoms with Crippen LogP contribution in [0.5, 0.6) is 0 Å². The molecule has 0 unspecified atom stereocenters. The molecule has 0 bridgehead atoms. The number of benzene rings is 1. The van der Waals surface area contributed by atoms with E-state index in [0.29, 0.717) is 19.6 Å². The first-order valence-corrected chi connectivity index (χ1v) is 9.43. The minimum Gasteiger partial charge on any atom is -0.355 e. The van der Waals surface area contributed by atoms with Gasteiger partial charge in [0, 0.05) is 19.6 Å². The highest BCUT2D eigenvalue weighted by Gasteiger charge is 2.31. The predicted molar refractivity (Wildman–Crippen MR) is 86.9 cm³/mol. The van der Waals surface area contributed by atoms with Gasteiger partial charge in [-0.2, -0.15) is 0 Å². The van der Waals surface area contributed by atoms with Gasteiger partial charge < -0.3 is 5.32 Å². The summed E-state index contributed by atoms with van der Waals surface area (Å²) < 4.78 is 25.3. The summed E-state index contributed by atoms with van der Waals surface area (Å²) in [5.41, 5.74) is 1.18. The van der Waals surface area contributed by atoms with Crippen LogP contribution in [0, 0.1) is 5.92 Å². The Bertz CT molecular complexity index is 587. The number of nitrogens with one attached hydrogen (secondary N) is 1. The van der Waals surface area contributed by atoms with Crippen LogP contribution in [0.4, 0.5) is 0 Å². The Morgan fingerprint density at radius 3 is 2.73 bits per heavy atom. The molecule has 22 heavy (non-hydrogen) atoms. The average molecular weight is 324 g/mol. The Labute approximate surface area is 132 Å². The van der Waals surface area contributed by atoms with E-state index in [1.54, 1.807) is 6.92 Å². The quantitative estimate of drug-likeness (QED) is 0.860. The zero-order chi connectivity index (χ0) is 16.0. The van der Waals surface area contributed by atoms with Crippen molar-refractivity contribution < 1.29 is 13.2 Å². The Kier molecular flexibility index (Phi) is 5.97. The molecular formula is C16H24N2O3S. The van der Waals surface area contributed by atoms with Gasteiger partial charge in [0.1, 0.15) is 0 Å². The SMILES string of the molecule is CCS(=O)(=O)N1CCC[C@@H](C(=O)NCCc2ccccc2)C1. The van der Waals surface area contributed by atoms with Crippen LogP contribution in [0.3, 0.4) is 0 Å². The van der Waals surface area contributed by atoms with Crippen LogP contribution in [0.15, 0.2) is 30.3 Å². The number of carbonyl (C=O) groups is 1. The molecule has 0 spiro atoms. The number of carbonyl (C=O) groups excluding carboxylic acids is 1. The second-order valence-corrected chi connectivity index (χ2v) is 7.88. The third-order valence-electron chi connectivity index (χ3n) is 4.07. The van der Waals surface area contributed by atoms with Crippen LogP contribution < -0.4 is 5.32 Å². The summed E-state index contributed by atoms with van der Waals surface area (Å²) in [6.45, 7) is 3.07. The smallest absolute Gasteiger partial charge is 0.224 e. The number of rotatable bonds is 6. The van der Waals surface area contributed by atoms with E-state index in [9.17, 15) is 13.2 Å². The summed E-state index contributed by atoms with van der Waals surface area (Å²) >= 11 is 0. The molecule has 2 rings (SSSR count). The molecular weight excluding hydrogens is 300 g/mol. The molecule has 1 aromatic rings. The maximum absolute atomic E-state index is 12.2. The highest BCUT2D eigenvalue weighted by molar-refractivity contribution is 7.89. The van der Waals surface area contributed by atoms with Gasteiger partial charge in [-0.25, -0.2) is 12.7 Å². The molecule has 0 aliphatic carbocycles. The number of amides is 1. The fourth-order valence-corrected chi connectivity index (χ4v) is 3.89. The third-order valence-corrected chi connectivity index (χ3v) is 5.92. The van der Waals surface area contributed by atoms with Gasteiger partial charge >= 0.3 is 0 Å². The van der Waals surface area contributed by atoms with Gasteiger partial charge in [-0.15, -0.1) is 0 Å². The summed E-state index contributed by atoms with van der Waals surface area (Å²) in [4.78, 5) is 12.2. The topological polar surface area (TPSA) is 66.5 Å². The lowest BCUT2D eigenvalue weighted by atomic mass is 9.99. The van der Waals surface area contributed by atoms with Crippen LogP contribution in [-0.2, 0) is 21.2 Å². The molecule has 0 saturated carbocycles. The van der Waals surface area contributed by atoms with Gasteiger partial charge in [-0.05, 0) is 31.7 Å². The van der Waals surface area contributed by atoms with E-state index >= 15 is 0 Å². The van der Waals surface area contributed by atoms with Crippen molar-refractivity contribution in [1.82, 2.24) is 9.62 Å². The maximum atomic E-state index is 12.2. The van der Waals surface area contributed by atoms with E-state index < -0.39 is 10.0 Å². The third kappa shape index (κ3) is 4.55. The molecule has 1 N–H and O–H groups in total. The molecule has 1 aliphatic rings. The molecule has 1 fully saturated rings. The minimum atomic E-state index is -3.20. The van der Waals surface area contributed by atoms with Crippen molar-refractivity contribution in [1.29, 1.82) is 0 Å². The first-order chi connectivity index (χ1) is 10.5. The second-order valence-electron chi connectivity index (χ2n) is 5.62. The zero-order valence-corrected chi connectivity index (χ0v) is 13.8. The molecule has 0 radical (unpaired) electrons. The Morgan fingerprint density at radius 1 is 1.32 bits per heavy atom. The minimum absolute atomic E-state index is 0.0352. The van der Waals surface area contributed by atoms with Gasteiger partial charge in [0.15, 0.2) is 0 Å². The maximum Gasteiger partial charge on any atom is 0.224 e. The molecule has 0 aromatic heterocycles. The molecule has 122 valence electrons. The number of sulfonamides is 1. The van der Waals surface area contributed by atoms with Crippen molar-refractivity contribution in [2.75, 3.05) is 25.4 Å². The lowest BCUT2D eigenvalue weighted by molar-refractivity contribution is -0.126. The Morgan fingerprint density at radius 2 is 2.05 bits per heavy atom. The van der Waals surface area contributed by atoms with Crippen LogP contribution >= 0.6 is 0 Å². The molecule has 6 heteroatoms. The number of piperidine rings is 1. The van der Waals surface area contributed by atoms with Gasteiger partial charge in [0.05, 0.1) is 11.7 Å². The summed E-state index contributed by atoms with van der Waals surface area (Å²) in [5.74, 6) is -0.173. The van der Waals surface area contributed by atoms with Crippen molar-refractivity contribution in [3.8, 4) is 0 Å². The van der Waals surface area contributed by atoms with Crippen LogP contribution in [-0.4, -0.2) is 44.0 Å². The summed E-state index contributed by atoms with van der Waals surface area (Å²) in [7, 11) is -3.20. The lowest BCUT2D eigenvalue weighted by Crippen LogP contribution is -2.46. The highest BCUT2D eigenvalue weighted by Crippen LogP contribution is 2.19. The lowest BCUT2D eigenvalue weighted by Gasteiger charge is -2.30. The fourth-order valence-electron chi connectivity index (χ4n) is 2.71. The molecule has 1 atom stereocenters. The molecule has 1 aliphatic heterocycles. The predicted octanol–water partition coefficient (Wildman–Crippen LogP) is 1.41. The highest BCUT2D eigenvalue weighted by atomic mass is 32.2. The molecule has 1 amide bonds. The van der Waals surface area contributed by atoms with Crippen molar-refractivity contribution >= 4 is 15.9 Å². The van der Waals surface area contributed by atoms with Crippen molar-refractivity contribution in [2.45, 2.75) is 26.2 Å². The molecule has 1 saturated heterocycles. The van der Waals surface area contributed by atoms with E-state index in [1.807, 2.05) is 30.3 Å². The number of hydrogen-bond acceptors (Lipinski definition) is 3. The average Bonchev–Trinajstić information content (AvgIpc) is 2.56. The Balaban J connectivity index is 1.82. The monoisotopic (exact) mass is 324 g/mol. The van der Waals surface area contributed by atoms with Crippen LogP contribution in [0.2, 0.25) is 0 Å². The van der Waals surface area contributed by atoms with Gasteiger partial charge in [0.25, 0.3) is 0 Å². The summed E-state index contributed by atoms with van der Waals surface area (Å²) in [5, 5.41) is 2.93. The standard InChI is InChI=1S/C16H24N2O3S/c1-2-22(20,21)18-12-6-9-15(13-18)16(19)17-11-10-14-7-4-3-5-8-14/h3-5,7-8,15H,2,6,9-13H2,1H3,(H,17,19)/t15-/m1/s1. The Hall–Kier alpha value is -1.40. The second kappa shape index (κ2) is 7.74. The van der Waals surface area contributed by atoms with E-state index in [0.717, 1.165) is 19.3 Å². The fraction of sp³-hybridized carbons (Fsp3) is 0.562. The van der Waals surface area contributed by atoms with Crippen molar-refractivity contribution in [3.63, 3.8) is 0 Å². The first kappa shape index (κ1) is 17.0. The number of nitrogens with zero attached hydrogens (tertiary/aromatic N) is 1. The first-order valence-electron chi connectivity index (χ1n) is 7.82. The van der Waals surface area contributed by atoms with E-state index in [4.69, 9.17) is 0 Å². The van der Waals surface area contributed by atoms with Crippen LogP contribution in [0.25, 0.3) is 0 Å². The van der Waals surface area contributed by atoms with E-state index in [2.05, 4.69) is 5.32 Å². The summed E-state index contributed by atoms with van der Waals surface area (Å²) in [6, 6.07) is 9.98. The van der Waals surface area contributed by atoms with Gasteiger partial charge in [-0.1, -0.05) is 30.3 Å².